The van der Waals surface area contributed by atoms with Gasteiger partial charge in [0.2, 0.25) is 0 Å². The summed E-state index contributed by atoms with van der Waals surface area (Å²) >= 11 is 0. The molecule has 0 aliphatic heterocycles. The SMILES string of the molecule is CC(C)COc1ccc(CC(C)N)cc1F. The summed E-state index contributed by atoms with van der Waals surface area (Å²) in [5.41, 5.74) is 6.56. The van der Waals surface area contributed by atoms with Crippen LogP contribution in [-0.4, -0.2) is 12.6 Å². The van der Waals surface area contributed by atoms with Crippen molar-refractivity contribution in [1.29, 1.82) is 0 Å². The highest BCUT2D eigenvalue weighted by atomic mass is 19.1. The highest BCUT2D eigenvalue weighted by Crippen LogP contribution is 2.19. The molecule has 1 rings (SSSR count). The molecule has 3 heteroatoms. The molecule has 1 unspecified atom stereocenters. The molecule has 0 amide bonds. The highest BCUT2D eigenvalue weighted by Gasteiger charge is 2.06. The summed E-state index contributed by atoms with van der Waals surface area (Å²) in [6.45, 7) is 6.50. The number of nitrogens with two attached hydrogens (primary N) is 1. The van der Waals surface area contributed by atoms with Crippen LogP contribution in [-0.2, 0) is 6.42 Å². The molecular formula is C13H20FNO. The van der Waals surface area contributed by atoms with Crippen molar-refractivity contribution >= 4 is 0 Å². The molecule has 0 spiro atoms. The lowest BCUT2D eigenvalue weighted by atomic mass is 10.1. The van der Waals surface area contributed by atoms with E-state index in [9.17, 15) is 4.39 Å². The van der Waals surface area contributed by atoms with Crippen molar-refractivity contribution in [1.82, 2.24) is 0 Å². The average Bonchev–Trinajstić information content (AvgIpc) is 2.15. The molecule has 1 aromatic rings. The van der Waals surface area contributed by atoms with Crippen LogP contribution < -0.4 is 10.5 Å². The van der Waals surface area contributed by atoms with Crippen molar-refractivity contribution in [2.24, 2.45) is 11.7 Å². The van der Waals surface area contributed by atoms with Gasteiger partial charge in [0.25, 0.3) is 0 Å². The number of hydrogen-bond donors (Lipinski definition) is 1. The molecule has 0 saturated carbocycles. The lowest BCUT2D eigenvalue weighted by Gasteiger charge is -2.11. The van der Waals surface area contributed by atoms with Crippen LogP contribution in [0.5, 0.6) is 5.75 Å². The van der Waals surface area contributed by atoms with E-state index in [4.69, 9.17) is 10.5 Å². The van der Waals surface area contributed by atoms with Gasteiger partial charge in [-0.2, -0.15) is 0 Å². The fraction of sp³-hybridized carbons (Fsp3) is 0.538. The van der Waals surface area contributed by atoms with Crippen LogP contribution in [0.15, 0.2) is 18.2 Å². The lowest BCUT2D eigenvalue weighted by Crippen LogP contribution is -2.17. The summed E-state index contributed by atoms with van der Waals surface area (Å²) in [4.78, 5) is 0. The molecule has 90 valence electrons. The van der Waals surface area contributed by atoms with E-state index < -0.39 is 0 Å². The van der Waals surface area contributed by atoms with Crippen LogP contribution >= 0.6 is 0 Å². The second kappa shape index (κ2) is 5.85. The Labute approximate surface area is 96.6 Å². The Morgan fingerprint density at radius 3 is 2.50 bits per heavy atom. The minimum absolute atomic E-state index is 0.0434. The molecule has 16 heavy (non-hydrogen) atoms. The van der Waals surface area contributed by atoms with Gasteiger partial charge in [-0.25, -0.2) is 4.39 Å². The van der Waals surface area contributed by atoms with E-state index in [1.807, 2.05) is 26.8 Å². The van der Waals surface area contributed by atoms with E-state index in [1.165, 1.54) is 6.07 Å². The Kier molecular flexibility index (Phi) is 4.74. The Morgan fingerprint density at radius 2 is 2.00 bits per heavy atom. The first-order valence-corrected chi connectivity index (χ1v) is 5.66. The van der Waals surface area contributed by atoms with Crippen molar-refractivity contribution < 1.29 is 9.13 Å². The molecule has 2 N–H and O–H groups in total. The molecule has 0 aliphatic rings. The van der Waals surface area contributed by atoms with Gasteiger partial charge in [-0.3, -0.25) is 0 Å². The second-order valence-corrected chi connectivity index (χ2v) is 4.65. The van der Waals surface area contributed by atoms with Gasteiger partial charge in [-0.1, -0.05) is 19.9 Å². The molecule has 0 aromatic heterocycles. The van der Waals surface area contributed by atoms with Gasteiger partial charge in [0.15, 0.2) is 11.6 Å². The maximum absolute atomic E-state index is 13.6. The summed E-state index contributed by atoms with van der Waals surface area (Å²) in [5, 5.41) is 0. The molecule has 0 bridgehead atoms. The Balaban J connectivity index is 2.67. The topological polar surface area (TPSA) is 35.2 Å². The van der Waals surface area contributed by atoms with E-state index in [0.717, 1.165) is 5.56 Å². The molecule has 0 saturated heterocycles. The first kappa shape index (κ1) is 13.0. The standard InChI is InChI=1S/C13H20FNO/c1-9(2)8-16-13-5-4-11(6-10(3)15)7-12(13)14/h4-5,7,9-10H,6,8,15H2,1-3H3. The molecule has 0 fully saturated rings. The van der Waals surface area contributed by atoms with Crippen molar-refractivity contribution in [3.8, 4) is 5.75 Å². The predicted molar refractivity (Wildman–Crippen MR) is 64.1 cm³/mol. The third kappa shape index (κ3) is 4.19. The minimum atomic E-state index is -0.307. The van der Waals surface area contributed by atoms with Gasteiger partial charge in [-0.05, 0) is 37.0 Å². The Hall–Kier alpha value is -1.09. The van der Waals surface area contributed by atoms with E-state index in [1.54, 1.807) is 6.07 Å². The van der Waals surface area contributed by atoms with Gasteiger partial charge in [0.05, 0.1) is 6.61 Å². The van der Waals surface area contributed by atoms with Gasteiger partial charge >= 0.3 is 0 Å². The van der Waals surface area contributed by atoms with Gasteiger partial charge in [0.1, 0.15) is 0 Å². The van der Waals surface area contributed by atoms with E-state index >= 15 is 0 Å². The van der Waals surface area contributed by atoms with Crippen molar-refractivity contribution in [3.05, 3.63) is 29.6 Å². The summed E-state index contributed by atoms with van der Waals surface area (Å²) in [7, 11) is 0. The Morgan fingerprint density at radius 1 is 1.31 bits per heavy atom. The van der Waals surface area contributed by atoms with Crippen molar-refractivity contribution in [2.45, 2.75) is 33.2 Å². The molecule has 0 heterocycles. The zero-order chi connectivity index (χ0) is 12.1. The lowest BCUT2D eigenvalue weighted by molar-refractivity contribution is 0.259. The van der Waals surface area contributed by atoms with Crippen molar-refractivity contribution in [3.63, 3.8) is 0 Å². The molecular weight excluding hydrogens is 205 g/mol. The molecule has 2 nitrogen and oxygen atoms in total. The third-order valence-electron chi connectivity index (χ3n) is 2.13. The molecule has 1 atom stereocenters. The largest absolute Gasteiger partial charge is 0.490 e. The number of ether oxygens (including phenoxy) is 1. The van der Waals surface area contributed by atoms with E-state index in [0.29, 0.717) is 24.7 Å². The third-order valence-corrected chi connectivity index (χ3v) is 2.13. The molecule has 0 aliphatic carbocycles. The number of halogens is 1. The van der Waals surface area contributed by atoms with Crippen LogP contribution in [0.4, 0.5) is 4.39 Å². The number of hydrogen-bond acceptors (Lipinski definition) is 2. The Bertz CT molecular complexity index is 337. The minimum Gasteiger partial charge on any atom is -0.490 e. The van der Waals surface area contributed by atoms with Crippen LogP contribution in [0, 0.1) is 11.7 Å². The normalized spacial score (nSPS) is 12.9. The second-order valence-electron chi connectivity index (χ2n) is 4.65. The maximum Gasteiger partial charge on any atom is 0.165 e. The summed E-state index contributed by atoms with van der Waals surface area (Å²) in [6, 6.07) is 5.08. The first-order chi connectivity index (χ1) is 7.49. The monoisotopic (exact) mass is 225 g/mol. The molecule has 0 radical (unpaired) electrons. The van der Waals surface area contributed by atoms with Crippen LogP contribution in [0.1, 0.15) is 26.3 Å². The van der Waals surface area contributed by atoms with Crippen LogP contribution in [0.3, 0.4) is 0 Å². The summed E-state index contributed by atoms with van der Waals surface area (Å²) in [5.74, 6) is 0.407. The molecule has 1 aromatic carbocycles. The van der Waals surface area contributed by atoms with Gasteiger partial charge in [0, 0.05) is 6.04 Å². The first-order valence-electron chi connectivity index (χ1n) is 5.66. The highest BCUT2D eigenvalue weighted by molar-refractivity contribution is 5.29. The maximum atomic E-state index is 13.6. The van der Waals surface area contributed by atoms with Crippen LogP contribution in [0.25, 0.3) is 0 Å². The zero-order valence-electron chi connectivity index (χ0n) is 10.2. The zero-order valence-corrected chi connectivity index (χ0v) is 10.2. The fourth-order valence-electron chi connectivity index (χ4n) is 1.42. The van der Waals surface area contributed by atoms with Gasteiger partial charge < -0.3 is 10.5 Å². The summed E-state index contributed by atoms with van der Waals surface area (Å²) in [6.07, 6.45) is 0.682. The predicted octanol–water partition coefficient (Wildman–Crippen LogP) is 2.75. The van der Waals surface area contributed by atoms with E-state index in [2.05, 4.69) is 0 Å². The quantitative estimate of drug-likeness (QED) is 0.836. The smallest absolute Gasteiger partial charge is 0.165 e. The number of benzene rings is 1. The van der Waals surface area contributed by atoms with Gasteiger partial charge in [-0.15, -0.1) is 0 Å². The summed E-state index contributed by atoms with van der Waals surface area (Å²) < 4.78 is 18.9. The number of rotatable bonds is 5. The fourth-order valence-corrected chi connectivity index (χ4v) is 1.42. The average molecular weight is 225 g/mol. The van der Waals surface area contributed by atoms with E-state index in [-0.39, 0.29) is 11.9 Å². The van der Waals surface area contributed by atoms with Crippen molar-refractivity contribution in [2.75, 3.05) is 6.61 Å². The van der Waals surface area contributed by atoms with Crippen LogP contribution in [0.2, 0.25) is 0 Å².